The summed E-state index contributed by atoms with van der Waals surface area (Å²) >= 11 is 0. The molecule has 4 atom stereocenters. The van der Waals surface area contributed by atoms with Crippen molar-refractivity contribution >= 4 is 5.91 Å². The minimum absolute atomic E-state index is 0.00703. The lowest BCUT2D eigenvalue weighted by Gasteiger charge is -2.30. The van der Waals surface area contributed by atoms with E-state index in [9.17, 15) is 15.0 Å². The molecule has 0 aromatic rings. The standard InChI is InChI=1S/C13H24N2O5/c1-19-8-11(17)14-6-9-12(15-4-2-3-5-15)13(18)10(7-16)20-9/h9-10,12-13,16,18H,2-8H2,1H3,(H,14,17)/t9-,10+,12+,13-/m1/s1. The minimum atomic E-state index is -0.720. The van der Waals surface area contributed by atoms with Crippen LogP contribution in [-0.4, -0.2) is 85.3 Å². The van der Waals surface area contributed by atoms with E-state index in [1.807, 2.05) is 0 Å². The van der Waals surface area contributed by atoms with Crippen LogP contribution in [0.25, 0.3) is 0 Å². The monoisotopic (exact) mass is 288 g/mol. The van der Waals surface area contributed by atoms with Crippen molar-refractivity contribution in [2.45, 2.75) is 37.2 Å². The predicted molar refractivity (Wildman–Crippen MR) is 71.2 cm³/mol. The summed E-state index contributed by atoms with van der Waals surface area (Å²) in [4.78, 5) is 13.6. The van der Waals surface area contributed by atoms with Gasteiger partial charge in [0.25, 0.3) is 0 Å². The first-order valence-electron chi connectivity index (χ1n) is 7.11. The first-order chi connectivity index (χ1) is 9.67. The maximum Gasteiger partial charge on any atom is 0.246 e. The fourth-order valence-corrected chi connectivity index (χ4v) is 3.03. The van der Waals surface area contributed by atoms with Gasteiger partial charge in [0.05, 0.1) is 18.8 Å². The van der Waals surface area contributed by atoms with Crippen molar-refractivity contribution in [1.82, 2.24) is 10.2 Å². The smallest absolute Gasteiger partial charge is 0.246 e. The Morgan fingerprint density at radius 2 is 2.10 bits per heavy atom. The minimum Gasteiger partial charge on any atom is -0.394 e. The second kappa shape index (κ2) is 7.33. The molecule has 2 heterocycles. The zero-order valence-corrected chi connectivity index (χ0v) is 11.8. The molecule has 20 heavy (non-hydrogen) atoms. The maximum absolute atomic E-state index is 11.4. The van der Waals surface area contributed by atoms with Gasteiger partial charge in [0.2, 0.25) is 5.91 Å². The Labute approximate surface area is 118 Å². The Bertz CT molecular complexity index is 322. The molecule has 2 aliphatic heterocycles. The topological polar surface area (TPSA) is 91.3 Å². The number of nitrogens with one attached hydrogen (secondary N) is 1. The van der Waals surface area contributed by atoms with E-state index >= 15 is 0 Å². The molecule has 1 amide bonds. The fourth-order valence-electron chi connectivity index (χ4n) is 3.03. The molecule has 0 radical (unpaired) electrons. The molecule has 0 unspecified atom stereocenters. The van der Waals surface area contributed by atoms with E-state index in [-0.39, 0.29) is 31.3 Å². The molecule has 0 aromatic carbocycles. The van der Waals surface area contributed by atoms with E-state index < -0.39 is 12.2 Å². The van der Waals surface area contributed by atoms with Crippen LogP contribution in [0.15, 0.2) is 0 Å². The van der Waals surface area contributed by atoms with Gasteiger partial charge in [0.1, 0.15) is 18.8 Å². The van der Waals surface area contributed by atoms with Crippen molar-refractivity contribution in [3.63, 3.8) is 0 Å². The average molecular weight is 288 g/mol. The third kappa shape index (κ3) is 3.48. The van der Waals surface area contributed by atoms with Crippen LogP contribution in [0.5, 0.6) is 0 Å². The molecule has 0 spiro atoms. The summed E-state index contributed by atoms with van der Waals surface area (Å²) in [5.74, 6) is -0.210. The van der Waals surface area contributed by atoms with E-state index in [4.69, 9.17) is 9.47 Å². The fraction of sp³-hybridized carbons (Fsp3) is 0.923. The third-order valence-electron chi connectivity index (χ3n) is 3.98. The van der Waals surface area contributed by atoms with Crippen molar-refractivity contribution in [3.05, 3.63) is 0 Å². The van der Waals surface area contributed by atoms with Crippen molar-refractivity contribution in [2.75, 3.05) is 40.0 Å². The number of amides is 1. The van der Waals surface area contributed by atoms with Gasteiger partial charge in [0, 0.05) is 13.7 Å². The largest absolute Gasteiger partial charge is 0.394 e. The van der Waals surface area contributed by atoms with Gasteiger partial charge in [-0.25, -0.2) is 0 Å². The molecule has 2 fully saturated rings. The number of aliphatic hydroxyl groups excluding tert-OH is 2. The highest BCUT2D eigenvalue weighted by molar-refractivity contribution is 5.77. The van der Waals surface area contributed by atoms with Crippen LogP contribution in [0, 0.1) is 0 Å². The molecular weight excluding hydrogens is 264 g/mol. The third-order valence-corrected chi connectivity index (χ3v) is 3.98. The van der Waals surface area contributed by atoms with E-state index in [1.54, 1.807) is 0 Å². The maximum atomic E-state index is 11.4. The number of rotatable bonds is 6. The number of ether oxygens (including phenoxy) is 2. The molecule has 0 aliphatic carbocycles. The second-order valence-electron chi connectivity index (χ2n) is 5.36. The molecule has 7 nitrogen and oxygen atoms in total. The van der Waals surface area contributed by atoms with Crippen LogP contribution in [-0.2, 0) is 14.3 Å². The Morgan fingerprint density at radius 3 is 2.70 bits per heavy atom. The highest BCUT2D eigenvalue weighted by Gasteiger charge is 2.46. The highest BCUT2D eigenvalue weighted by Crippen LogP contribution is 2.28. The number of carbonyl (C=O) groups is 1. The van der Waals surface area contributed by atoms with Gasteiger partial charge in [-0.2, -0.15) is 0 Å². The summed E-state index contributed by atoms with van der Waals surface area (Å²) in [5, 5.41) is 22.3. The summed E-state index contributed by atoms with van der Waals surface area (Å²) in [6, 6.07) is -0.169. The van der Waals surface area contributed by atoms with Gasteiger partial charge in [-0.15, -0.1) is 0 Å². The number of carbonyl (C=O) groups excluding carboxylic acids is 1. The lowest BCUT2D eigenvalue weighted by molar-refractivity contribution is -0.125. The number of hydrogen-bond acceptors (Lipinski definition) is 6. The number of nitrogens with zero attached hydrogens (tertiary/aromatic N) is 1. The molecule has 3 N–H and O–H groups in total. The highest BCUT2D eigenvalue weighted by atomic mass is 16.5. The molecule has 2 saturated heterocycles. The van der Waals surface area contributed by atoms with Crippen molar-refractivity contribution in [1.29, 1.82) is 0 Å². The van der Waals surface area contributed by atoms with Crippen LogP contribution < -0.4 is 5.32 Å². The van der Waals surface area contributed by atoms with Crippen LogP contribution in [0.4, 0.5) is 0 Å². The second-order valence-corrected chi connectivity index (χ2v) is 5.36. The van der Waals surface area contributed by atoms with Crippen LogP contribution >= 0.6 is 0 Å². The van der Waals surface area contributed by atoms with Gasteiger partial charge >= 0.3 is 0 Å². The molecule has 0 bridgehead atoms. The summed E-state index contributed by atoms with van der Waals surface area (Å²) in [7, 11) is 1.46. The first kappa shape index (κ1) is 15.7. The van der Waals surface area contributed by atoms with Gasteiger partial charge in [0.15, 0.2) is 0 Å². The Balaban J connectivity index is 1.95. The zero-order valence-electron chi connectivity index (χ0n) is 11.8. The summed E-state index contributed by atoms with van der Waals surface area (Å²) in [6.07, 6.45) is 0.610. The normalized spacial score (nSPS) is 34.5. The summed E-state index contributed by atoms with van der Waals surface area (Å²) in [6.45, 7) is 1.95. The van der Waals surface area contributed by atoms with E-state index in [1.165, 1.54) is 7.11 Å². The molecule has 0 aromatic heterocycles. The van der Waals surface area contributed by atoms with Crippen LogP contribution in [0.3, 0.4) is 0 Å². The SMILES string of the molecule is COCC(=O)NC[C@H]1O[C@@H](CO)[C@@H](O)[C@H]1N1CCCC1. The van der Waals surface area contributed by atoms with Gasteiger partial charge in [-0.3, -0.25) is 9.69 Å². The average Bonchev–Trinajstić information content (AvgIpc) is 3.04. The van der Waals surface area contributed by atoms with Crippen LogP contribution in [0.2, 0.25) is 0 Å². The molecule has 2 aliphatic rings. The number of likely N-dealkylation sites (tertiary alicyclic amines) is 1. The molecule has 116 valence electrons. The Morgan fingerprint density at radius 1 is 1.40 bits per heavy atom. The molecular formula is C13H24N2O5. The van der Waals surface area contributed by atoms with Gasteiger partial charge < -0.3 is 25.0 Å². The van der Waals surface area contributed by atoms with E-state index in [2.05, 4.69) is 10.2 Å². The number of methoxy groups -OCH3 is 1. The number of hydrogen-bond donors (Lipinski definition) is 3. The summed E-state index contributed by atoms with van der Waals surface area (Å²) in [5.41, 5.74) is 0. The quantitative estimate of drug-likeness (QED) is 0.541. The zero-order chi connectivity index (χ0) is 14.5. The summed E-state index contributed by atoms with van der Waals surface area (Å²) < 4.78 is 10.4. The Hall–Kier alpha value is -0.730. The van der Waals surface area contributed by atoms with Gasteiger partial charge in [-0.05, 0) is 25.9 Å². The molecule has 2 rings (SSSR count). The number of aliphatic hydroxyl groups is 2. The van der Waals surface area contributed by atoms with E-state index in [0.29, 0.717) is 6.54 Å². The predicted octanol–water partition coefficient (Wildman–Crippen LogP) is -1.67. The van der Waals surface area contributed by atoms with Crippen molar-refractivity contribution in [2.24, 2.45) is 0 Å². The van der Waals surface area contributed by atoms with E-state index in [0.717, 1.165) is 25.9 Å². The lowest BCUT2D eigenvalue weighted by Crippen LogP contribution is -2.50. The van der Waals surface area contributed by atoms with Crippen LogP contribution in [0.1, 0.15) is 12.8 Å². The Kier molecular flexibility index (Phi) is 5.74. The lowest BCUT2D eigenvalue weighted by atomic mass is 10.0. The van der Waals surface area contributed by atoms with Gasteiger partial charge in [-0.1, -0.05) is 0 Å². The first-order valence-corrected chi connectivity index (χ1v) is 7.11. The molecule has 0 saturated carbocycles. The molecule has 7 heteroatoms. The van der Waals surface area contributed by atoms with Crippen molar-refractivity contribution < 1.29 is 24.5 Å². The van der Waals surface area contributed by atoms with Crippen molar-refractivity contribution in [3.8, 4) is 0 Å².